The summed E-state index contributed by atoms with van der Waals surface area (Å²) in [5, 5.41) is 16.6. The van der Waals surface area contributed by atoms with Gasteiger partial charge in [0.25, 0.3) is 0 Å². The topological polar surface area (TPSA) is 87.2 Å². The third-order valence-corrected chi connectivity index (χ3v) is 4.42. The molecule has 0 fully saturated rings. The van der Waals surface area contributed by atoms with Crippen LogP contribution in [0.4, 0.5) is 0 Å². The molecule has 11 heteroatoms. The largest absolute Gasteiger partial charge is 0.318 e. The molecule has 0 atom stereocenters. The highest BCUT2D eigenvalue weighted by atomic mass is 35.5. The van der Waals surface area contributed by atoms with Crippen molar-refractivity contribution in [2.45, 2.75) is 39.8 Å². The average molecular weight is 482 g/mol. The van der Waals surface area contributed by atoms with E-state index < -0.39 is 0 Å². The van der Waals surface area contributed by atoms with Crippen molar-refractivity contribution in [3.63, 3.8) is 0 Å². The number of pyridine rings is 2. The maximum Gasteiger partial charge on any atom is 0.182 e. The average Bonchev–Trinajstić information content (AvgIpc) is 3.41. The fourth-order valence-corrected chi connectivity index (χ4v) is 2.73. The van der Waals surface area contributed by atoms with Crippen LogP contribution in [0.3, 0.4) is 0 Å². The first-order valence-corrected chi connectivity index (χ1v) is 10.6. The van der Waals surface area contributed by atoms with Gasteiger partial charge in [-0.15, -0.1) is 20.4 Å². The van der Waals surface area contributed by atoms with Crippen LogP contribution in [0.5, 0.6) is 0 Å². The van der Waals surface area contributed by atoms with Gasteiger partial charge in [0.15, 0.2) is 5.82 Å². The molecule has 0 amide bonds. The van der Waals surface area contributed by atoms with Gasteiger partial charge in [0, 0.05) is 12.1 Å². The van der Waals surface area contributed by atoms with Crippen molar-refractivity contribution in [2.24, 2.45) is 0 Å². The zero-order valence-electron chi connectivity index (χ0n) is 17.6. The van der Waals surface area contributed by atoms with Gasteiger partial charge >= 0.3 is 0 Å². The summed E-state index contributed by atoms with van der Waals surface area (Å²) < 4.78 is 3.90. The molecule has 4 heterocycles. The molecule has 164 valence electrons. The van der Waals surface area contributed by atoms with E-state index in [1.54, 1.807) is 43.2 Å². The lowest BCUT2D eigenvalue weighted by molar-refractivity contribution is 0.597. The Kier molecular flexibility index (Phi) is 9.84. The van der Waals surface area contributed by atoms with E-state index >= 15 is 0 Å². The van der Waals surface area contributed by atoms with Gasteiger partial charge in [-0.05, 0) is 52.0 Å². The maximum absolute atomic E-state index is 5.83. The molecule has 0 saturated carbocycles. The highest BCUT2D eigenvalue weighted by Crippen LogP contribution is 2.19. The van der Waals surface area contributed by atoms with Crippen molar-refractivity contribution >= 4 is 34.8 Å². The van der Waals surface area contributed by atoms with Gasteiger partial charge < -0.3 is 9.13 Å². The lowest BCUT2D eigenvalue weighted by Crippen LogP contribution is -2.02. The molecule has 4 aromatic rings. The fourth-order valence-electron chi connectivity index (χ4n) is 2.20. The van der Waals surface area contributed by atoms with E-state index in [4.69, 9.17) is 34.8 Å². The van der Waals surface area contributed by atoms with Crippen molar-refractivity contribution in [2.75, 3.05) is 0 Å². The van der Waals surface area contributed by atoms with Gasteiger partial charge in [-0.25, -0.2) is 9.97 Å². The van der Waals surface area contributed by atoms with Crippen molar-refractivity contribution in [3.8, 4) is 11.5 Å². The minimum atomic E-state index is 0.302. The van der Waals surface area contributed by atoms with Crippen LogP contribution in [0.1, 0.15) is 39.8 Å². The van der Waals surface area contributed by atoms with E-state index in [0.29, 0.717) is 27.5 Å². The normalized spacial score (nSPS) is 10.4. The van der Waals surface area contributed by atoms with Crippen molar-refractivity contribution < 1.29 is 0 Å². The first kappa shape index (κ1) is 24.7. The van der Waals surface area contributed by atoms with Gasteiger partial charge in [0.1, 0.15) is 40.1 Å². The quantitative estimate of drug-likeness (QED) is 0.342. The minimum Gasteiger partial charge on any atom is -0.318 e. The summed E-state index contributed by atoms with van der Waals surface area (Å²) in [6.45, 7) is 8.31. The van der Waals surface area contributed by atoms with E-state index in [9.17, 15) is 0 Å². The third kappa shape index (κ3) is 8.24. The highest BCUT2D eigenvalue weighted by molar-refractivity contribution is 6.32. The zero-order valence-corrected chi connectivity index (χ0v) is 19.8. The van der Waals surface area contributed by atoms with Gasteiger partial charge in [0.2, 0.25) is 0 Å². The van der Waals surface area contributed by atoms with Crippen LogP contribution in [-0.4, -0.2) is 39.5 Å². The summed E-state index contributed by atoms with van der Waals surface area (Å²) in [6.07, 6.45) is 5.12. The fraction of sp³-hybridized carbons (Fsp3) is 0.300. The molecular weight excluding hydrogens is 459 g/mol. The molecule has 0 N–H and O–H groups in total. The van der Waals surface area contributed by atoms with Gasteiger partial charge in [-0.1, -0.05) is 46.9 Å². The van der Waals surface area contributed by atoms with Gasteiger partial charge in [-0.2, -0.15) is 0 Å². The minimum absolute atomic E-state index is 0.302. The lowest BCUT2D eigenvalue weighted by atomic mass is 10.3. The zero-order chi connectivity index (χ0) is 22.8. The Labute approximate surface area is 196 Å². The molecule has 4 aromatic heterocycles. The van der Waals surface area contributed by atoms with Crippen LogP contribution in [0.15, 0.2) is 55.4 Å². The predicted octanol–water partition coefficient (Wildman–Crippen LogP) is 5.82. The van der Waals surface area contributed by atoms with E-state index in [1.165, 1.54) is 0 Å². The summed E-state index contributed by atoms with van der Waals surface area (Å²) in [5.74, 6) is 0.743. The Hall–Kier alpha value is -2.55. The number of rotatable bonds is 3. The Bertz CT molecular complexity index is 1030. The molecule has 0 radical (unpaired) electrons. The van der Waals surface area contributed by atoms with Crippen LogP contribution in [0.2, 0.25) is 15.5 Å². The second kappa shape index (κ2) is 12.3. The molecule has 0 saturated heterocycles. The monoisotopic (exact) mass is 480 g/mol. The Balaban J connectivity index is 0.000000181. The van der Waals surface area contributed by atoms with Crippen LogP contribution in [0, 0.1) is 0 Å². The second-order valence-electron chi connectivity index (χ2n) is 6.79. The van der Waals surface area contributed by atoms with Gasteiger partial charge in [0.05, 0.1) is 0 Å². The SMILES string of the molecule is CC(C)n1cnnc1.CC(C)n1cnnc1-c1cccc(Cl)n1.Clc1cccc(Cl)n1. The maximum atomic E-state index is 5.83. The first-order chi connectivity index (χ1) is 14.8. The molecular formula is C20H23Cl3N8. The molecule has 4 rings (SSSR count). The summed E-state index contributed by atoms with van der Waals surface area (Å²) in [7, 11) is 0. The van der Waals surface area contributed by atoms with Crippen molar-refractivity contribution in [1.82, 2.24) is 39.5 Å². The van der Waals surface area contributed by atoms with Crippen LogP contribution >= 0.6 is 34.8 Å². The van der Waals surface area contributed by atoms with Crippen LogP contribution in [0.25, 0.3) is 11.5 Å². The lowest BCUT2D eigenvalue weighted by Gasteiger charge is -2.09. The summed E-state index contributed by atoms with van der Waals surface area (Å²) in [6, 6.07) is 11.3. The van der Waals surface area contributed by atoms with E-state index in [2.05, 4.69) is 58.1 Å². The van der Waals surface area contributed by atoms with E-state index in [0.717, 1.165) is 11.5 Å². The molecule has 0 unspecified atom stereocenters. The van der Waals surface area contributed by atoms with Crippen molar-refractivity contribution in [1.29, 1.82) is 0 Å². The van der Waals surface area contributed by atoms with Crippen LogP contribution in [-0.2, 0) is 0 Å². The highest BCUT2D eigenvalue weighted by Gasteiger charge is 2.10. The summed E-state index contributed by atoms with van der Waals surface area (Å²) >= 11 is 16.7. The molecule has 0 aliphatic rings. The van der Waals surface area contributed by atoms with E-state index in [1.807, 2.05) is 21.3 Å². The first-order valence-electron chi connectivity index (χ1n) is 9.42. The molecule has 0 bridgehead atoms. The standard InChI is InChI=1S/C10H11ClN4.C5H3Cl2N.C5H9N3/c1-7(2)15-6-12-14-10(15)8-4-3-5-9(11)13-8;6-4-2-1-3-5(7)8-4;1-5(2)8-3-6-7-4-8/h3-7H,1-2H3;1-3H;3-5H,1-2H3. The molecule has 0 spiro atoms. The Morgan fingerprint density at radius 3 is 1.65 bits per heavy atom. The molecule has 0 aliphatic heterocycles. The summed E-state index contributed by atoms with van der Waals surface area (Å²) in [5.41, 5.74) is 0.744. The van der Waals surface area contributed by atoms with E-state index in [-0.39, 0.29) is 0 Å². The number of nitrogens with zero attached hydrogens (tertiary/aromatic N) is 8. The summed E-state index contributed by atoms with van der Waals surface area (Å²) in [4.78, 5) is 7.91. The van der Waals surface area contributed by atoms with Gasteiger partial charge in [-0.3, -0.25) is 0 Å². The van der Waals surface area contributed by atoms with Crippen molar-refractivity contribution in [3.05, 3.63) is 70.8 Å². The molecule has 0 aromatic carbocycles. The second-order valence-corrected chi connectivity index (χ2v) is 7.95. The number of hydrogen-bond donors (Lipinski definition) is 0. The molecule has 31 heavy (non-hydrogen) atoms. The van der Waals surface area contributed by atoms with Crippen LogP contribution < -0.4 is 0 Å². The third-order valence-electron chi connectivity index (χ3n) is 3.79. The Morgan fingerprint density at radius 2 is 1.23 bits per heavy atom. The smallest absolute Gasteiger partial charge is 0.182 e. The number of aromatic nitrogens is 8. The molecule has 8 nitrogen and oxygen atoms in total. The molecule has 0 aliphatic carbocycles. The number of halogens is 3. The number of hydrogen-bond acceptors (Lipinski definition) is 6. The Morgan fingerprint density at radius 1 is 0.677 bits per heavy atom. The predicted molar refractivity (Wildman–Crippen MR) is 123 cm³/mol.